The minimum absolute atomic E-state index is 0.0223. The number of hydrogen-bond donors (Lipinski definition) is 0. The third kappa shape index (κ3) is 4.69. The molecule has 1 unspecified atom stereocenters. The molecule has 0 bridgehead atoms. The van der Waals surface area contributed by atoms with Crippen LogP contribution >= 0.6 is 22.9 Å². The number of thiophene rings is 1. The molecule has 0 saturated heterocycles. The summed E-state index contributed by atoms with van der Waals surface area (Å²) in [6, 6.07) is 9.79. The first-order valence-corrected chi connectivity index (χ1v) is 11.3. The van der Waals surface area contributed by atoms with E-state index >= 15 is 0 Å². The van der Waals surface area contributed by atoms with Crippen molar-refractivity contribution in [3.8, 4) is 5.75 Å². The molecular formula is C20H26ClNO2S2. The van der Waals surface area contributed by atoms with Gasteiger partial charge < -0.3 is 4.74 Å². The number of halogens is 1. The Hall–Kier alpha value is -0.880. The van der Waals surface area contributed by atoms with E-state index in [-0.39, 0.29) is 11.5 Å². The quantitative estimate of drug-likeness (QED) is 0.647. The van der Waals surface area contributed by atoms with Gasteiger partial charge in [-0.3, -0.25) is 0 Å². The highest BCUT2D eigenvalue weighted by atomic mass is 35.5. The molecule has 1 aliphatic rings. The Balaban J connectivity index is 1.86. The van der Waals surface area contributed by atoms with Crippen LogP contribution in [0.25, 0.3) is 0 Å². The lowest BCUT2D eigenvalue weighted by Crippen LogP contribution is -2.33. The van der Waals surface area contributed by atoms with Gasteiger partial charge in [0.15, 0.2) is 0 Å². The fourth-order valence-electron chi connectivity index (χ4n) is 3.05. The SMILES string of the molecule is CC[C@@H]1CN(Cc2cc(CC(C)(C)C)sc2Cl)S(=O)c2ccccc2O1. The average molecular weight is 412 g/mol. The van der Waals surface area contributed by atoms with E-state index in [1.807, 2.05) is 28.6 Å². The number of fused-ring (bicyclic) bond motifs is 1. The summed E-state index contributed by atoms with van der Waals surface area (Å²) in [4.78, 5) is 2.02. The van der Waals surface area contributed by atoms with E-state index in [0.29, 0.717) is 13.1 Å². The van der Waals surface area contributed by atoms with E-state index in [4.69, 9.17) is 16.3 Å². The molecule has 0 radical (unpaired) electrons. The highest BCUT2D eigenvalue weighted by Gasteiger charge is 2.28. The molecule has 0 N–H and O–H groups in total. The number of rotatable bonds is 4. The van der Waals surface area contributed by atoms with E-state index in [9.17, 15) is 4.21 Å². The summed E-state index contributed by atoms with van der Waals surface area (Å²) in [5.74, 6) is 0.727. The maximum atomic E-state index is 13.2. The van der Waals surface area contributed by atoms with Crippen LogP contribution in [0.2, 0.25) is 4.34 Å². The summed E-state index contributed by atoms with van der Waals surface area (Å²) in [5.41, 5.74) is 1.27. The molecule has 142 valence electrons. The van der Waals surface area contributed by atoms with Gasteiger partial charge in [0.1, 0.15) is 22.8 Å². The summed E-state index contributed by atoms with van der Waals surface area (Å²) in [6.45, 7) is 9.97. The van der Waals surface area contributed by atoms with Gasteiger partial charge in [-0.15, -0.1) is 11.3 Å². The van der Waals surface area contributed by atoms with Crippen LogP contribution in [0.15, 0.2) is 35.2 Å². The van der Waals surface area contributed by atoms with Crippen molar-refractivity contribution in [2.75, 3.05) is 6.54 Å². The third-order valence-electron chi connectivity index (χ3n) is 4.29. The Bertz CT molecular complexity index is 797. The van der Waals surface area contributed by atoms with Gasteiger partial charge in [0, 0.05) is 18.0 Å². The molecule has 3 nitrogen and oxygen atoms in total. The first-order valence-electron chi connectivity index (χ1n) is 8.96. The van der Waals surface area contributed by atoms with Crippen LogP contribution in [-0.4, -0.2) is 21.2 Å². The number of benzene rings is 1. The standard InChI is InChI=1S/C20H26ClNO2S2/c1-5-15-13-22(26(23)18-9-7-6-8-17(18)24-15)12-14-10-16(25-19(14)21)11-20(2,3)4/h6-10,15H,5,11-13H2,1-4H3/t15-,26?/m1/s1. The van der Waals surface area contributed by atoms with Crippen LogP contribution in [0.1, 0.15) is 44.6 Å². The summed E-state index contributed by atoms with van der Waals surface area (Å²) in [6.07, 6.45) is 1.88. The molecule has 1 aromatic carbocycles. The first-order chi connectivity index (χ1) is 12.3. The Kier molecular flexibility index (Phi) is 6.12. The second-order valence-electron chi connectivity index (χ2n) is 7.92. The average Bonchev–Trinajstić information content (AvgIpc) is 2.82. The summed E-state index contributed by atoms with van der Waals surface area (Å²) >= 11 is 8.15. The lowest BCUT2D eigenvalue weighted by Gasteiger charge is -2.21. The molecule has 3 rings (SSSR count). The predicted octanol–water partition coefficient (Wildman–Crippen LogP) is 5.69. The van der Waals surface area contributed by atoms with E-state index in [1.165, 1.54) is 4.88 Å². The van der Waals surface area contributed by atoms with Gasteiger partial charge in [0.25, 0.3) is 0 Å². The molecule has 1 aromatic heterocycles. The molecule has 0 aliphatic carbocycles. The molecule has 26 heavy (non-hydrogen) atoms. The molecule has 0 saturated carbocycles. The molecule has 2 atom stereocenters. The van der Waals surface area contributed by atoms with Crippen molar-refractivity contribution in [2.45, 2.75) is 58.1 Å². The zero-order chi connectivity index (χ0) is 18.9. The summed E-state index contributed by atoms with van der Waals surface area (Å²) < 4.78 is 22.0. The van der Waals surface area contributed by atoms with Gasteiger partial charge >= 0.3 is 0 Å². The number of ether oxygens (including phenoxy) is 1. The van der Waals surface area contributed by atoms with Crippen molar-refractivity contribution in [3.63, 3.8) is 0 Å². The maximum Gasteiger partial charge on any atom is 0.137 e. The molecule has 1 aliphatic heterocycles. The third-order valence-corrected chi connectivity index (χ3v) is 7.19. The summed E-state index contributed by atoms with van der Waals surface area (Å²) in [7, 11) is -1.26. The molecule has 0 fully saturated rings. The van der Waals surface area contributed by atoms with E-state index < -0.39 is 11.0 Å². The highest BCUT2D eigenvalue weighted by molar-refractivity contribution is 7.82. The van der Waals surface area contributed by atoms with Crippen molar-refractivity contribution in [2.24, 2.45) is 5.41 Å². The maximum absolute atomic E-state index is 13.2. The van der Waals surface area contributed by atoms with Crippen LogP contribution in [0.4, 0.5) is 0 Å². The van der Waals surface area contributed by atoms with Gasteiger partial charge in [0.2, 0.25) is 0 Å². The number of hydrogen-bond acceptors (Lipinski definition) is 3. The van der Waals surface area contributed by atoms with Crippen LogP contribution in [0.3, 0.4) is 0 Å². The Morgan fingerprint density at radius 3 is 2.77 bits per heavy atom. The van der Waals surface area contributed by atoms with Gasteiger partial charge in [-0.05, 0) is 42.0 Å². The van der Waals surface area contributed by atoms with Gasteiger partial charge in [0.05, 0.1) is 9.23 Å². The number of para-hydroxylation sites is 1. The number of nitrogens with zero attached hydrogens (tertiary/aromatic N) is 1. The molecular weight excluding hydrogens is 386 g/mol. The van der Waals surface area contributed by atoms with Crippen LogP contribution in [0.5, 0.6) is 5.75 Å². The zero-order valence-corrected chi connectivity index (χ0v) is 18.1. The predicted molar refractivity (Wildman–Crippen MR) is 110 cm³/mol. The van der Waals surface area contributed by atoms with Gasteiger partial charge in [-0.25, -0.2) is 8.51 Å². The van der Waals surface area contributed by atoms with E-state index in [1.54, 1.807) is 11.3 Å². The summed E-state index contributed by atoms with van der Waals surface area (Å²) in [5, 5.41) is 0. The van der Waals surface area contributed by atoms with Crippen molar-refractivity contribution in [1.29, 1.82) is 0 Å². The van der Waals surface area contributed by atoms with Crippen molar-refractivity contribution in [3.05, 3.63) is 45.1 Å². The topological polar surface area (TPSA) is 29.5 Å². The molecule has 0 spiro atoms. The second-order valence-corrected chi connectivity index (χ2v) is 11.1. The van der Waals surface area contributed by atoms with Gasteiger partial charge in [-0.2, -0.15) is 0 Å². The van der Waals surface area contributed by atoms with Crippen molar-refractivity contribution < 1.29 is 8.95 Å². The fourth-order valence-corrected chi connectivity index (χ4v) is 5.97. The Labute approximate surface area is 167 Å². The minimum Gasteiger partial charge on any atom is -0.488 e. The van der Waals surface area contributed by atoms with Crippen LogP contribution < -0.4 is 4.74 Å². The molecule has 2 heterocycles. The highest BCUT2D eigenvalue weighted by Crippen LogP contribution is 2.35. The smallest absolute Gasteiger partial charge is 0.137 e. The van der Waals surface area contributed by atoms with Crippen LogP contribution in [-0.2, 0) is 24.0 Å². The van der Waals surface area contributed by atoms with Crippen molar-refractivity contribution >= 4 is 33.9 Å². The van der Waals surface area contributed by atoms with Gasteiger partial charge in [-0.1, -0.05) is 51.4 Å². The molecule has 2 aromatic rings. The van der Waals surface area contributed by atoms with Crippen molar-refractivity contribution in [1.82, 2.24) is 4.31 Å². The van der Waals surface area contributed by atoms with E-state index in [2.05, 4.69) is 33.8 Å². The lowest BCUT2D eigenvalue weighted by atomic mass is 9.91. The monoisotopic (exact) mass is 411 g/mol. The second kappa shape index (κ2) is 8.01. The molecule has 6 heteroatoms. The normalized spacial score (nSPS) is 21.1. The molecule has 0 amide bonds. The lowest BCUT2D eigenvalue weighted by molar-refractivity contribution is 0.169. The van der Waals surface area contributed by atoms with E-state index in [0.717, 1.165) is 33.4 Å². The Morgan fingerprint density at radius 2 is 2.08 bits per heavy atom. The largest absolute Gasteiger partial charge is 0.488 e. The Morgan fingerprint density at radius 1 is 1.35 bits per heavy atom. The van der Waals surface area contributed by atoms with Crippen LogP contribution in [0, 0.1) is 5.41 Å². The minimum atomic E-state index is -1.26. The first kappa shape index (κ1) is 19.9. The fraction of sp³-hybridized carbons (Fsp3) is 0.500. The zero-order valence-electron chi connectivity index (χ0n) is 15.8.